The van der Waals surface area contributed by atoms with Crippen LogP contribution in [0.4, 0.5) is 0 Å². The summed E-state index contributed by atoms with van der Waals surface area (Å²) >= 11 is 5.91. The summed E-state index contributed by atoms with van der Waals surface area (Å²) in [7, 11) is 3.08. The van der Waals surface area contributed by atoms with E-state index in [0.29, 0.717) is 59.3 Å². The van der Waals surface area contributed by atoms with Gasteiger partial charge in [-0.25, -0.2) is 0 Å². The van der Waals surface area contributed by atoms with Crippen LogP contribution in [0, 0.1) is 0 Å². The lowest BCUT2D eigenvalue weighted by Gasteiger charge is -2.44. The molecular formula is C22H22ClNO5. The number of carbonyl (C=O) groups excluding carboxylic acids is 2. The predicted octanol–water partition coefficient (Wildman–Crippen LogP) is 4.00. The zero-order valence-corrected chi connectivity index (χ0v) is 17.1. The van der Waals surface area contributed by atoms with Gasteiger partial charge in [-0.15, -0.1) is 0 Å². The zero-order chi connectivity index (χ0) is 20.6. The van der Waals surface area contributed by atoms with Gasteiger partial charge in [0.1, 0.15) is 28.4 Å². The first-order valence-corrected chi connectivity index (χ1v) is 9.85. The van der Waals surface area contributed by atoms with E-state index in [-0.39, 0.29) is 18.1 Å². The second-order valence-corrected chi connectivity index (χ2v) is 7.82. The monoisotopic (exact) mass is 415 g/mol. The van der Waals surface area contributed by atoms with E-state index in [9.17, 15) is 9.59 Å². The summed E-state index contributed by atoms with van der Waals surface area (Å²) < 4.78 is 17.0. The third-order valence-corrected chi connectivity index (χ3v) is 5.89. The molecule has 152 valence electrons. The maximum Gasteiger partial charge on any atom is 0.253 e. The van der Waals surface area contributed by atoms with Crippen LogP contribution in [0.15, 0.2) is 36.4 Å². The number of methoxy groups -OCH3 is 2. The highest BCUT2D eigenvalue weighted by molar-refractivity contribution is 6.30. The van der Waals surface area contributed by atoms with Crippen molar-refractivity contribution in [1.29, 1.82) is 0 Å². The van der Waals surface area contributed by atoms with Crippen molar-refractivity contribution in [3.8, 4) is 17.2 Å². The Labute approximate surface area is 174 Å². The van der Waals surface area contributed by atoms with E-state index in [1.54, 1.807) is 48.4 Å². The number of benzene rings is 2. The van der Waals surface area contributed by atoms with Crippen molar-refractivity contribution in [2.45, 2.75) is 24.9 Å². The second-order valence-electron chi connectivity index (χ2n) is 7.39. The van der Waals surface area contributed by atoms with Crippen LogP contribution in [-0.4, -0.2) is 49.5 Å². The molecule has 0 bridgehead atoms. The van der Waals surface area contributed by atoms with E-state index in [1.165, 1.54) is 7.11 Å². The lowest BCUT2D eigenvalue weighted by atomic mass is 9.82. The summed E-state index contributed by atoms with van der Waals surface area (Å²) in [5.74, 6) is 1.45. The highest BCUT2D eigenvalue weighted by atomic mass is 35.5. The predicted molar refractivity (Wildman–Crippen MR) is 108 cm³/mol. The molecule has 0 saturated carbocycles. The fraction of sp³-hybridized carbons (Fsp3) is 0.364. The Hall–Kier alpha value is -2.73. The van der Waals surface area contributed by atoms with Gasteiger partial charge in [-0.3, -0.25) is 9.59 Å². The van der Waals surface area contributed by atoms with Crippen molar-refractivity contribution in [2.24, 2.45) is 0 Å². The average Bonchev–Trinajstić information content (AvgIpc) is 2.73. The number of nitrogens with zero attached hydrogens (tertiary/aromatic N) is 1. The molecule has 2 heterocycles. The number of hydrogen-bond donors (Lipinski definition) is 0. The maximum absolute atomic E-state index is 12.9. The number of Topliss-reactive ketones (excluding diaryl/α,β-unsaturated/α-hetero) is 1. The van der Waals surface area contributed by atoms with Gasteiger partial charge in [0, 0.05) is 48.6 Å². The van der Waals surface area contributed by atoms with Crippen LogP contribution in [0.25, 0.3) is 0 Å². The Morgan fingerprint density at radius 2 is 1.79 bits per heavy atom. The molecule has 1 saturated heterocycles. The van der Waals surface area contributed by atoms with Crippen molar-refractivity contribution in [3.05, 3.63) is 52.5 Å². The first kappa shape index (κ1) is 19.6. The third kappa shape index (κ3) is 3.65. The minimum absolute atomic E-state index is 0.0109. The molecule has 2 aromatic carbocycles. The summed E-state index contributed by atoms with van der Waals surface area (Å²) in [5, 5.41) is 0.595. The summed E-state index contributed by atoms with van der Waals surface area (Å²) in [6.45, 7) is 1.04. The first-order valence-electron chi connectivity index (χ1n) is 9.48. The Balaban J connectivity index is 1.52. The number of ether oxygens (including phenoxy) is 3. The quantitative estimate of drug-likeness (QED) is 0.758. The number of likely N-dealkylation sites (tertiary alicyclic amines) is 1. The third-order valence-electron chi connectivity index (χ3n) is 5.64. The number of hydrogen-bond acceptors (Lipinski definition) is 5. The Kier molecular flexibility index (Phi) is 5.13. The number of halogens is 1. The van der Waals surface area contributed by atoms with Gasteiger partial charge < -0.3 is 19.1 Å². The molecule has 0 aliphatic carbocycles. The van der Waals surface area contributed by atoms with Crippen LogP contribution in [0.5, 0.6) is 17.2 Å². The number of fused-ring (bicyclic) bond motifs is 1. The van der Waals surface area contributed by atoms with E-state index >= 15 is 0 Å². The van der Waals surface area contributed by atoms with E-state index in [0.717, 1.165) is 0 Å². The maximum atomic E-state index is 12.9. The Morgan fingerprint density at radius 3 is 2.41 bits per heavy atom. The van der Waals surface area contributed by atoms with Crippen LogP contribution in [0.1, 0.15) is 40.0 Å². The fourth-order valence-electron chi connectivity index (χ4n) is 4.02. The van der Waals surface area contributed by atoms with E-state index < -0.39 is 5.60 Å². The molecule has 4 rings (SSSR count). The Morgan fingerprint density at radius 1 is 1.10 bits per heavy atom. The van der Waals surface area contributed by atoms with Crippen LogP contribution in [0.3, 0.4) is 0 Å². The molecule has 6 nitrogen and oxygen atoms in total. The van der Waals surface area contributed by atoms with Crippen molar-refractivity contribution < 1.29 is 23.8 Å². The largest absolute Gasteiger partial charge is 0.496 e. The second kappa shape index (κ2) is 7.59. The number of amides is 1. The molecule has 0 atom stereocenters. The van der Waals surface area contributed by atoms with E-state index in [1.807, 2.05) is 0 Å². The van der Waals surface area contributed by atoms with Crippen LogP contribution < -0.4 is 14.2 Å². The van der Waals surface area contributed by atoms with Gasteiger partial charge in [-0.2, -0.15) is 0 Å². The van der Waals surface area contributed by atoms with Crippen LogP contribution >= 0.6 is 11.6 Å². The molecule has 0 N–H and O–H groups in total. The normalized spacial score (nSPS) is 17.5. The molecule has 2 aliphatic rings. The number of rotatable bonds is 3. The van der Waals surface area contributed by atoms with Gasteiger partial charge in [-0.1, -0.05) is 11.6 Å². The summed E-state index contributed by atoms with van der Waals surface area (Å²) in [4.78, 5) is 27.5. The minimum atomic E-state index is -0.613. The average molecular weight is 416 g/mol. The molecule has 2 aromatic rings. The first-order chi connectivity index (χ1) is 13.9. The number of carbonyl (C=O) groups is 2. The van der Waals surface area contributed by atoms with Crippen molar-refractivity contribution in [3.63, 3.8) is 0 Å². The van der Waals surface area contributed by atoms with E-state index in [4.69, 9.17) is 25.8 Å². The number of ketones is 1. The Bertz CT molecular complexity index is 948. The fourth-order valence-corrected chi connectivity index (χ4v) is 4.15. The molecule has 7 heteroatoms. The summed E-state index contributed by atoms with van der Waals surface area (Å²) in [5.41, 5.74) is 0.447. The SMILES string of the molecule is COc1cc(OC)c2c(c1)OC1(CCN(C(=O)c3ccc(Cl)cc3)CC1)CC2=O. The zero-order valence-electron chi connectivity index (χ0n) is 16.4. The summed E-state index contributed by atoms with van der Waals surface area (Å²) in [6, 6.07) is 10.3. The van der Waals surface area contributed by atoms with E-state index in [2.05, 4.69) is 0 Å². The highest BCUT2D eigenvalue weighted by Gasteiger charge is 2.45. The molecule has 0 radical (unpaired) electrons. The van der Waals surface area contributed by atoms with Crippen LogP contribution in [-0.2, 0) is 0 Å². The molecule has 2 aliphatic heterocycles. The standard InChI is InChI=1S/C22H22ClNO5/c1-27-16-11-18(28-2)20-17(25)13-22(29-19(20)12-16)7-9-24(10-8-22)21(26)14-3-5-15(23)6-4-14/h3-6,11-12H,7-10,13H2,1-2H3. The number of piperidine rings is 1. The topological polar surface area (TPSA) is 65.1 Å². The van der Waals surface area contributed by atoms with Gasteiger partial charge in [0.2, 0.25) is 0 Å². The smallest absolute Gasteiger partial charge is 0.253 e. The lowest BCUT2D eigenvalue weighted by Crippen LogP contribution is -2.52. The van der Waals surface area contributed by atoms with Gasteiger partial charge in [0.15, 0.2) is 5.78 Å². The molecule has 1 fully saturated rings. The molecule has 0 unspecified atom stereocenters. The van der Waals surface area contributed by atoms with Crippen molar-refractivity contribution in [2.75, 3.05) is 27.3 Å². The lowest BCUT2D eigenvalue weighted by molar-refractivity contribution is -0.00610. The van der Waals surface area contributed by atoms with Gasteiger partial charge in [-0.05, 0) is 24.3 Å². The van der Waals surface area contributed by atoms with Crippen molar-refractivity contribution in [1.82, 2.24) is 4.90 Å². The molecule has 1 amide bonds. The van der Waals surface area contributed by atoms with Gasteiger partial charge >= 0.3 is 0 Å². The molecule has 0 aromatic heterocycles. The van der Waals surface area contributed by atoms with Crippen molar-refractivity contribution >= 4 is 23.3 Å². The molecular weight excluding hydrogens is 394 g/mol. The molecule has 29 heavy (non-hydrogen) atoms. The minimum Gasteiger partial charge on any atom is -0.496 e. The summed E-state index contributed by atoms with van der Waals surface area (Å²) in [6.07, 6.45) is 1.43. The van der Waals surface area contributed by atoms with Gasteiger partial charge in [0.05, 0.1) is 20.6 Å². The van der Waals surface area contributed by atoms with Crippen LogP contribution in [0.2, 0.25) is 5.02 Å². The molecule has 1 spiro atoms. The highest BCUT2D eigenvalue weighted by Crippen LogP contribution is 2.44. The van der Waals surface area contributed by atoms with Gasteiger partial charge in [0.25, 0.3) is 5.91 Å².